The first kappa shape index (κ1) is 24.2. The fraction of sp³-hybridized carbons (Fsp3) is 0.227. The highest BCUT2D eigenvalue weighted by Crippen LogP contribution is 2.32. The largest absolute Gasteiger partial charge is 0.418 e. The summed E-state index contributed by atoms with van der Waals surface area (Å²) in [4.78, 5) is 31.7. The first-order valence-electron chi connectivity index (χ1n) is 10.4. The van der Waals surface area contributed by atoms with Crippen LogP contribution in [0.3, 0.4) is 0 Å². The van der Waals surface area contributed by atoms with E-state index in [0.717, 1.165) is 6.07 Å². The lowest BCUT2D eigenvalue weighted by atomic mass is 10.1. The molecule has 35 heavy (non-hydrogen) atoms. The van der Waals surface area contributed by atoms with Crippen LogP contribution in [0.1, 0.15) is 15.9 Å². The average Bonchev–Trinajstić information content (AvgIpc) is 2.84. The Morgan fingerprint density at radius 2 is 1.74 bits per heavy atom. The van der Waals surface area contributed by atoms with E-state index in [2.05, 4.69) is 20.5 Å². The number of nitrogens with one attached hydrogen (secondary N) is 1. The van der Waals surface area contributed by atoms with E-state index in [1.807, 2.05) is 4.90 Å². The molecule has 182 valence electrons. The Hall–Kier alpha value is -3.93. The van der Waals surface area contributed by atoms with Crippen LogP contribution in [0.2, 0.25) is 5.15 Å². The van der Waals surface area contributed by atoms with Crippen LogP contribution >= 0.6 is 11.6 Å². The molecule has 13 heteroatoms. The van der Waals surface area contributed by atoms with Crippen LogP contribution in [0.4, 0.5) is 29.5 Å². The van der Waals surface area contributed by atoms with Gasteiger partial charge in [-0.1, -0.05) is 23.7 Å². The SMILES string of the molecule is O=C(Nc1ccnc(Cl)c1)Oc1ccc(N2CCN(C(=O)c3ccccc3C(F)(F)F)CC2)nn1. The van der Waals surface area contributed by atoms with Gasteiger partial charge in [0.1, 0.15) is 5.15 Å². The summed E-state index contributed by atoms with van der Waals surface area (Å²) in [5.74, 6) is -0.237. The highest BCUT2D eigenvalue weighted by Gasteiger charge is 2.36. The number of nitrogens with zero attached hydrogens (tertiary/aromatic N) is 5. The number of carbonyl (C=O) groups excluding carboxylic acids is 2. The number of hydrogen-bond donors (Lipinski definition) is 1. The molecule has 2 amide bonds. The zero-order chi connectivity index (χ0) is 25.0. The van der Waals surface area contributed by atoms with Crippen molar-refractivity contribution in [3.8, 4) is 5.88 Å². The van der Waals surface area contributed by atoms with Gasteiger partial charge in [0.25, 0.3) is 5.91 Å². The van der Waals surface area contributed by atoms with Crippen LogP contribution in [-0.4, -0.2) is 58.3 Å². The van der Waals surface area contributed by atoms with Gasteiger partial charge < -0.3 is 14.5 Å². The number of piperazine rings is 1. The molecule has 4 rings (SSSR count). The van der Waals surface area contributed by atoms with Gasteiger partial charge in [0.2, 0.25) is 5.88 Å². The maximum Gasteiger partial charge on any atom is 0.418 e. The maximum atomic E-state index is 13.3. The van der Waals surface area contributed by atoms with Crippen molar-refractivity contribution in [3.63, 3.8) is 0 Å². The summed E-state index contributed by atoms with van der Waals surface area (Å²) in [6.07, 6.45) is -3.98. The third kappa shape index (κ3) is 5.96. The molecule has 3 aromatic rings. The summed E-state index contributed by atoms with van der Waals surface area (Å²) in [5.41, 5.74) is -0.933. The molecule has 1 aliphatic rings. The first-order valence-corrected chi connectivity index (χ1v) is 10.7. The Morgan fingerprint density at radius 3 is 2.40 bits per heavy atom. The smallest absolute Gasteiger partial charge is 0.389 e. The lowest BCUT2D eigenvalue weighted by molar-refractivity contribution is -0.138. The van der Waals surface area contributed by atoms with Crippen molar-refractivity contribution in [1.29, 1.82) is 0 Å². The topological polar surface area (TPSA) is 101 Å². The Labute approximate surface area is 202 Å². The predicted octanol–water partition coefficient (Wildman–Crippen LogP) is 4.12. The number of pyridine rings is 1. The number of benzene rings is 1. The molecule has 3 heterocycles. The van der Waals surface area contributed by atoms with Crippen molar-refractivity contribution in [2.75, 3.05) is 36.4 Å². The molecule has 1 saturated heterocycles. The van der Waals surface area contributed by atoms with E-state index in [0.29, 0.717) is 24.6 Å². The van der Waals surface area contributed by atoms with Crippen LogP contribution < -0.4 is 15.0 Å². The van der Waals surface area contributed by atoms with Crippen LogP contribution in [0.5, 0.6) is 5.88 Å². The summed E-state index contributed by atoms with van der Waals surface area (Å²) in [6.45, 7) is 1.11. The number of hydrogen-bond acceptors (Lipinski definition) is 7. The number of rotatable bonds is 4. The molecule has 9 nitrogen and oxygen atoms in total. The van der Waals surface area contributed by atoms with Crippen molar-refractivity contribution >= 4 is 35.1 Å². The van der Waals surface area contributed by atoms with Crippen molar-refractivity contribution in [2.24, 2.45) is 0 Å². The standard InChI is InChI=1S/C22H18ClF3N6O3/c23-17-13-14(7-8-27-17)28-21(34)35-19-6-5-18(29-30-19)31-9-11-32(12-10-31)20(33)15-3-1-2-4-16(15)22(24,25)26/h1-8,13H,9-12H2,(H,27,28,34). The van der Waals surface area contributed by atoms with Gasteiger partial charge in [-0.3, -0.25) is 10.1 Å². The molecule has 1 N–H and O–H groups in total. The molecule has 0 saturated carbocycles. The maximum absolute atomic E-state index is 13.3. The molecule has 0 spiro atoms. The van der Waals surface area contributed by atoms with Gasteiger partial charge in [0.15, 0.2) is 5.82 Å². The van der Waals surface area contributed by atoms with Crippen molar-refractivity contribution in [3.05, 3.63) is 71.0 Å². The van der Waals surface area contributed by atoms with Crippen molar-refractivity contribution < 1.29 is 27.5 Å². The second-order valence-corrected chi connectivity index (χ2v) is 7.82. The highest BCUT2D eigenvalue weighted by atomic mass is 35.5. The minimum absolute atomic E-state index is 0.0380. The van der Waals surface area contributed by atoms with Gasteiger partial charge in [-0.25, -0.2) is 9.78 Å². The normalized spacial score (nSPS) is 13.9. The molecule has 1 aromatic carbocycles. The molecule has 1 aliphatic heterocycles. The Kier molecular flexibility index (Phi) is 7.01. The number of anilines is 2. The van der Waals surface area contributed by atoms with Gasteiger partial charge >= 0.3 is 12.3 Å². The molecular weight excluding hydrogens is 489 g/mol. The summed E-state index contributed by atoms with van der Waals surface area (Å²) in [6, 6.07) is 10.8. The Morgan fingerprint density at radius 1 is 1.00 bits per heavy atom. The van der Waals surface area contributed by atoms with Crippen LogP contribution in [0.15, 0.2) is 54.7 Å². The lowest BCUT2D eigenvalue weighted by Crippen LogP contribution is -2.49. The summed E-state index contributed by atoms with van der Waals surface area (Å²) < 4.78 is 44.9. The fourth-order valence-corrected chi connectivity index (χ4v) is 3.65. The third-order valence-electron chi connectivity index (χ3n) is 5.15. The first-order chi connectivity index (χ1) is 16.7. The van der Waals surface area contributed by atoms with E-state index >= 15 is 0 Å². The molecule has 0 aliphatic carbocycles. The quantitative estimate of drug-likeness (QED) is 0.531. The van der Waals surface area contributed by atoms with Gasteiger partial charge in [0.05, 0.1) is 11.1 Å². The molecular formula is C22H18ClF3N6O3. The second-order valence-electron chi connectivity index (χ2n) is 7.43. The molecule has 0 radical (unpaired) electrons. The highest BCUT2D eigenvalue weighted by molar-refractivity contribution is 6.29. The average molecular weight is 507 g/mol. The number of halogens is 4. The van der Waals surface area contributed by atoms with Crippen molar-refractivity contribution in [1.82, 2.24) is 20.1 Å². The minimum atomic E-state index is -4.62. The van der Waals surface area contributed by atoms with E-state index in [-0.39, 0.29) is 29.7 Å². The molecule has 1 fully saturated rings. The summed E-state index contributed by atoms with van der Waals surface area (Å²) >= 11 is 5.77. The van der Waals surface area contributed by atoms with E-state index in [9.17, 15) is 22.8 Å². The minimum Gasteiger partial charge on any atom is -0.389 e. The Balaban J connectivity index is 1.33. The third-order valence-corrected chi connectivity index (χ3v) is 5.36. The van der Waals surface area contributed by atoms with E-state index in [4.69, 9.17) is 16.3 Å². The Bertz CT molecular complexity index is 1220. The van der Waals surface area contributed by atoms with E-state index in [1.54, 1.807) is 6.07 Å². The number of aromatic nitrogens is 3. The van der Waals surface area contributed by atoms with Crippen LogP contribution in [0, 0.1) is 0 Å². The predicted molar refractivity (Wildman–Crippen MR) is 120 cm³/mol. The molecule has 0 unspecified atom stereocenters. The summed E-state index contributed by atoms with van der Waals surface area (Å²) in [7, 11) is 0. The van der Waals surface area contributed by atoms with E-state index in [1.165, 1.54) is 47.5 Å². The van der Waals surface area contributed by atoms with E-state index < -0.39 is 23.7 Å². The van der Waals surface area contributed by atoms with Crippen LogP contribution in [0.25, 0.3) is 0 Å². The number of alkyl halides is 3. The second kappa shape index (κ2) is 10.1. The fourth-order valence-electron chi connectivity index (χ4n) is 3.48. The zero-order valence-corrected chi connectivity index (χ0v) is 18.8. The van der Waals surface area contributed by atoms with Gasteiger partial charge in [-0.05, 0) is 30.3 Å². The molecule has 0 bridgehead atoms. The summed E-state index contributed by atoms with van der Waals surface area (Å²) in [5, 5.41) is 10.6. The van der Waals surface area contributed by atoms with Crippen LogP contribution in [-0.2, 0) is 6.18 Å². The van der Waals surface area contributed by atoms with Crippen molar-refractivity contribution in [2.45, 2.75) is 6.18 Å². The lowest BCUT2D eigenvalue weighted by Gasteiger charge is -2.35. The molecule has 2 aromatic heterocycles. The molecule has 0 atom stereocenters. The zero-order valence-electron chi connectivity index (χ0n) is 18.0. The number of carbonyl (C=O) groups is 2. The van der Waals surface area contributed by atoms with Gasteiger partial charge in [-0.2, -0.15) is 13.2 Å². The number of amides is 2. The van der Waals surface area contributed by atoms with Gasteiger partial charge in [0, 0.05) is 44.1 Å². The monoisotopic (exact) mass is 506 g/mol. The van der Waals surface area contributed by atoms with Gasteiger partial charge in [-0.15, -0.1) is 10.2 Å². The number of ether oxygens (including phenoxy) is 1.